The Morgan fingerprint density at radius 3 is 2.31 bits per heavy atom. The summed E-state index contributed by atoms with van der Waals surface area (Å²) in [5.41, 5.74) is 2.80. The largest absolute Gasteiger partial charge is 0.495 e. The third kappa shape index (κ3) is 4.42. The molecule has 3 rings (SSSR count). The van der Waals surface area contributed by atoms with Gasteiger partial charge in [0.05, 0.1) is 17.1 Å². The molecule has 0 saturated heterocycles. The predicted octanol–water partition coefficient (Wildman–Crippen LogP) is 6.97. The number of aryl methyl sites for hydroxylation is 1. The number of carbonyl (C=O) groups is 2. The number of carboxylic acids is 1. The van der Waals surface area contributed by atoms with Gasteiger partial charge in [0, 0.05) is 19.9 Å². The first-order chi connectivity index (χ1) is 13.7. The Balaban J connectivity index is 2.01. The van der Waals surface area contributed by atoms with E-state index < -0.39 is 11.9 Å². The van der Waals surface area contributed by atoms with Gasteiger partial charge in [0.15, 0.2) is 0 Å². The number of aromatic carboxylic acids is 1. The van der Waals surface area contributed by atoms with Gasteiger partial charge in [0.1, 0.15) is 16.3 Å². The summed E-state index contributed by atoms with van der Waals surface area (Å²) in [6.45, 7) is 1.96. The standard InChI is InChI=1S/C20H14Br3NO4S/c1-9-3-5-10(6-4-9)11-8-29-19(14(11)20(26)27)24-18(25)15-12(21)7-13(28-2)16(22)17(15)23/h3-8H,1-2H3,(H,24,25)(H,26,27). The second-order valence-corrected chi connectivity index (χ2v) is 9.36. The summed E-state index contributed by atoms with van der Waals surface area (Å²) in [5.74, 6) is -1.01. The highest BCUT2D eigenvalue weighted by Crippen LogP contribution is 2.41. The average molecular weight is 604 g/mol. The van der Waals surface area contributed by atoms with E-state index in [2.05, 4.69) is 53.1 Å². The van der Waals surface area contributed by atoms with Crippen LogP contribution in [-0.4, -0.2) is 24.1 Å². The molecular weight excluding hydrogens is 590 g/mol. The molecule has 3 aromatic rings. The Kier molecular flexibility index (Phi) is 6.83. The van der Waals surface area contributed by atoms with E-state index in [-0.39, 0.29) is 10.6 Å². The van der Waals surface area contributed by atoms with Crippen molar-refractivity contribution >= 4 is 76.0 Å². The summed E-state index contributed by atoms with van der Waals surface area (Å²) >= 11 is 11.3. The van der Waals surface area contributed by atoms with E-state index in [1.165, 1.54) is 18.4 Å². The molecule has 0 saturated carbocycles. The van der Waals surface area contributed by atoms with Gasteiger partial charge in [0.25, 0.3) is 5.91 Å². The lowest BCUT2D eigenvalue weighted by Gasteiger charge is -2.13. The van der Waals surface area contributed by atoms with Gasteiger partial charge in [-0.2, -0.15) is 0 Å². The van der Waals surface area contributed by atoms with Crippen molar-refractivity contribution in [1.82, 2.24) is 0 Å². The minimum Gasteiger partial charge on any atom is -0.495 e. The molecule has 29 heavy (non-hydrogen) atoms. The molecule has 1 amide bonds. The third-order valence-corrected chi connectivity index (χ3v) is 7.80. The summed E-state index contributed by atoms with van der Waals surface area (Å²) in [5, 5.41) is 14.5. The van der Waals surface area contributed by atoms with Crippen LogP contribution in [0, 0.1) is 6.92 Å². The van der Waals surface area contributed by atoms with Crippen LogP contribution in [0.3, 0.4) is 0 Å². The van der Waals surface area contributed by atoms with Crippen LogP contribution >= 0.6 is 59.1 Å². The van der Waals surface area contributed by atoms with Crippen molar-refractivity contribution in [1.29, 1.82) is 0 Å². The summed E-state index contributed by atoms with van der Waals surface area (Å²) < 4.78 is 6.84. The first-order valence-electron chi connectivity index (χ1n) is 8.19. The minimum atomic E-state index is -1.11. The summed E-state index contributed by atoms with van der Waals surface area (Å²) in [7, 11) is 1.52. The van der Waals surface area contributed by atoms with Crippen molar-refractivity contribution < 1.29 is 19.4 Å². The van der Waals surface area contributed by atoms with Gasteiger partial charge in [-0.25, -0.2) is 4.79 Å². The lowest BCUT2D eigenvalue weighted by atomic mass is 10.0. The molecule has 0 fully saturated rings. The molecule has 0 atom stereocenters. The predicted molar refractivity (Wildman–Crippen MR) is 125 cm³/mol. The van der Waals surface area contributed by atoms with Crippen LogP contribution in [0.5, 0.6) is 5.75 Å². The number of thiophene rings is 1. The van der Waals surface area contributed by atoms with Gasteiger partial charge in [-0.15, -0.1) is 11.3 Å². The molecule has 0 aliphatic carbocycles. The van der Waals surface area contributed by atoms with E-state index in [1.807, 2.05) is 31.2 Å². The quantitative estimate of drug-likeness (QED) is 0.309. The highest BCUT2D eigenvalue weighted by atomic mass is 79.9. The number of rotatable bonds is 5. The first kappa shape index (κ1) is 22.0. The monoisotopic (exact) mass is 601 g/mol. The fourth-order valence-electron chi connectivity index (χ4n) is 2.70. The van der Waals surface area contributed by atoms with E-state index in [9.17, 15) is 14.7 Å². The SMILES string of the molecule is COc1cc(Br)c(C(=O)Nc2scc(-c3ccc(C)cc3)c2C(=O)O)c(Br)c1Br. The molecule has 1 heterocycles. The van der Waals surface area contributed by atoms with E-state index in [1.54, 1.807) is 11.4 Å². The summed E-state index contributed by atoms with van der Waals surface area (Å²) in [6, 6.07) is 9.22. The zero-order valence-electron chi connectivity index (χ0n) is 15.2. The van der Waals surface area contributed by atoms with Crippen molar-refractivity contribution in [3.63, 3.8) is 0 Å². The maximum atomic E-state index is 13.0. The van der Waals surface area contributed by atoms with Crippen LogP contribution in [0.1, 0.15) is 26.3 Å². The molecule has 0 radical (unpaired) electrons. The second kappa shape index (κ2) is 8.99. The molecule has 0 unspecified atom stereocenters. The van der Waals surface area contributed by atoms with Crippen LogP contribution in [0.15, 0.2) is 49.1 Å². The summed E-state index contributed by atoms with van der Waals surface area (Å²) in [4.78, 5) is 24.9. The van der Waals surface area contributed by atoms with Crippen molar-refractivity contribution in [2.24, 2.45) is 0 Å². The number of hydrogen-bond donors (Lipinski definition) is 2. The zero-order valence-corrected chi connectivity index (χ0v) is 20.8. The van der Waals surface area contributed by atoms with Gasteiger partial charge < -0.3 is 15.2 Å². The third-order valence-electron chi connectivity index (χ3n) is 4.17. The van der Waals surface area contributed by atoms with Crippen LogP contribution in [0.25, 0.3) is 11.1 Å². The lowest BCUT2D eigenvalue weighted by Crippen LogP contribution is -2.15. The molecule has 5 nitrogen and oxygen atoms in total. The molecular formula is C20H14Br3NO4S. The average Bonchev–Trinajstić information content (AvgIpc) is 3.09. The maximum absolute atomic E-state index is 13.0. The number of nitrogens with one attached hydrogen (secondary N) is 1. The number of ether oxygens (including phenoxy) is 1. The van der Waals surface area contributed by atoms with Gasteiger partial charge in [-0.3, -0.25) is 4.79 Å². The molecule has 0 spiro atoms. The molecule has 0 aliphatic heterocycles. The molecule has 1 aromatic heterocycles. The Morgan fingerprint density at radius 1 is 1.07 bits per heavy atom. The Labute approximate surface area is 196 Å². The Hall–Kier alpha value is -1.68. The Morgan fingerprint density at radius 2 is 1.72 bits per heavy atom. The van der Waals surface area contributed by atoms with Gasteiger partial charge in [0.2, 0.25) is 0 Å². The van der Waals surface area contributed by atoms with Crippen LogP contribution < -0.4 is 10.1 Å². The highest BCUT2D eigenvalue weighted by molar-refractivity contribution is 9.13. The Bertz CT molecular complexity index is 1110. The molecule has 150 valence electrons. The number of anilines is 1. The van der Waals surface area contributed by atoms with Gasteiger partial charge >= 0.3 is 5.97 Å². The highest BCUT2D eigenvalue weighted by Gasteiger charge is 2.25. The molecule has 0 bridgehead atoms. The van der Waals surface area contributed by atoms with Gasteiger partial charge in [-0.05, 0) is 66.3 Å². The minimum absolute atomic E-state index is 0.0621. The molecule has 9 heteroatoms. The van der Waals surface area contributed by atoms with Crippen LogP contribution in [0.4, 0.5) is 5.00 Å². The number of carbonyl (C=O) groups excluding carboxylic acids is 1. The fraction of sp³-hybridized carbons (Fsp3) is 0.100. The number of benzene rings is 2. The van der Waals surface area contributed by atoms with Crippen LogP contribution in [0.2, 0.25) is 0 Å². The fourth-order valence-corrected chi connectivity index (χ4v) is 5.58. The van der Waals surface area contributed by atoms with Crippen molar-refractivity contribution in [2.45, 2.75) is 6.92 Å². The number of hydrogen-bond acceptors (Lipinski definition) is 4. The topological polar surface area (TPSA) is 75.6 Å². The second-order valence-electron chi connectivity index (χ2n) is 6.04. The molecule has 2 N–H and O–H groups in total. The maximum Gasteiger partial charge on any atom is 0.339 e. The van der Waals surface area contributed by atoms with Gasteiger partial charge in [-0.1, -0.05) is 29.8 Å². The number of halogens is 3. The smallest absolute Gasteiger partial charge is 0.339 e. The number of carboxylic acid groups (broad SMARTS) is 1. The van der Waals surface area contributed by atoms with Crippen molar-refractivity contribution in [3.05, 3.63) is 65.8 Å². The lowest BCUT2D eigenvalue weighted by molar-refractivity contribution is 0.0699. The number of amides is 1. The zero-order chi connectivity index (χ0) is 21.3. The normalized spacial score (nSPS) is 10.7. The van der Waals surface area contributed by atoms with E-state index in [0.29, 0.717) is 30.3 Å². The van der Waals surface area contributed by atoms with E-state index >= 15 is 0 Å². The van der Waals surface area contributed by atoms with Crippen molar-refractivity contribution in [2.75, 3.05) is 12.4 Å². The number of methoxy groups -OCH3 is 1. The van der Waals surface area contributed by atoms with E-state index in [0.717, 1.165) is 11.1 Å². The summed E-state index contributed by atoms with van der Waals surface area (Å²) in [6.07, 6.45) is 0. The molecule has 2 aromatic carbocycles. The van der Waals surface area contributed by atoms with Crippen LogP contribution in [-0.2, 0) is 0 Å². The van der Waals surface area contributed by atoms with E-state index in [4.69, 9.17) is 4.74 Å². The van der Waals surface area contributed by atoms with Crippen molar-refractivity contribution in [3.8, 4) is 16.9 Å². The first-order valence-corrected chi connectivity index (χ1v) is 11.4. The molecule has 0 aliphatic rings.